The molecular formula is CH10LaO8. The van der Waals surface area contributed by atoms with Gasteiger partial charge in [0.05, 0.1) is 0 Å². The van der Waals surface area contributed by atoms with Crippen LogP contribution in [0, 0.1) is 35.6 Å². The van der Waals surface area contributed by atoms with E-state index in [0.717, 1.165) is 0 Å². The molecule has 0 bridgehead atoms. The Hall–Kier alpha value is 0.265. The summed E-state index contributed by atoms with van der Waals surface area (Å²) in [6.07, 6.45) is -1.69. The van der Waals surface area contributed by atoms with Crippen LogP contribution in [0.3, 0.4) is 0 Å². The summed E-state index contributed by atoms with van der Waals surface area (Å²) in [5, 5.41) is 14.3. The molecule has 10 N–H and O–H groups in total. The van der Waals surface area contributed by atoms with Crippen LogP contribution in [0.1, 0.15) is 0 Å². The Balaban J connectivity index is -0.00000000800. The summed E-state index contributed by atoms with van der Waals surface area (Å²) in [7, 11) is 0. The van der Waals surface area contributed by atoms with Gasteiger partial charge in [0.2, 0.25) is 0 Å². The second-order valence-electron chi connectivity index (χ2n) is 0.357. The van der Waals surface area contributed by atoms with E-state index in [2.05, 4.69) is 4.89 Å². The number of hydrogen-bond acceptors (Lipinski definition) is 3. The van der Waals surface area contributed by atoms with Crippen LogP contribution >= 0.6 is 0 Å². The quantitative estimate of drug-likeness (QED) is 0.351. The predicted molar refractivity (Wildman–Crippen MR) is 26.2 cm³/mol. The third-order valence-electron chi connectivity index (χ3n) is 0.0781. The molecule has 8 nitrogen and oxygen atoms in total. The Bertz CT molecular complexity index is 44.5. The molecule has 0 atom stereocenters. The third kappa shape index (κ3) is 85.0. The summed E-state index contributed by atoms with van der Waals surface area (Å²) in [5.74, 6) is 0. The molecule has 0 aliphatic heterocycles. The summed E-state index contributed by atoms with van der Waals surface area (Å²) in [4.78, 5) is 11.6. The van der Waals surface area contributed by atoms with Crippen LogP contribution in [-0.2, 0) is 4.89 Å². The molecule has 0 saturated carbocycles. The van der Waals surface area contributed by atoms with Crippen molar-refractivity contribution in [1.29, 1.82) is 0 Å². The first-order valence-electron chi connectivity index (χ1n) is 0.814. The number of carbonyl (C=O) groups is 1. The fraction of sp³-hybridized carbons (Fsp3) is 0. The summed E-state index contributed by atoms with van der Waals surface area (Å²) in [5.41, 5.74) is 0. The van der Waals surface area contributed by atoms with Crippen molar-refractivity contribution < 1.29 is 77.5 Å². The van der Waals surface area contributed by atoms with Crippen molar-refractivity contribution >= 4 is 6.16 Å². The first-order valence-corrected chi connectivity index (χ1v) is 0.814. The third-order valence-corrected chi connectivity index (χ3v) is 0.0781. The summed E-state index contributed by atoms with van der Waals surface area (Å²) in [6.45, 7) is 0. The average Bonchev–Trinajstić information content (AvgIpc) is 1.38. The van der Waals surface area contributed by atoms with E-state index >= 15 is 0 Å². The van der Waals surface area contributed by atoms with Gasteiger partial charge in [0.1, 0.15) is 0 Å². The van der Waals surface area contributed by atoms with E-state index in [1.54, 1.807) is 0 Å². The molecule has 0 aromatic carbocycles. The fourth-order valence-corrected chi connectivity index (χ4v) is 0. The molecule has 0 aromatic rings. The van der Waals surface area contributed by atoms with Gasteiger partial charge in [-0.3, -0.25) is 4.89 Å². The van der Waals surface area contributed by atoms with Gasteiger partial charge in [0.15, 0.2) is 0 Å². The average molecular weight is 289 g/mol. The van der Waals surface area contributed by atoms with E-state index in [1.165, 1.54) is 0 Å². The van der Waals surface area contributed by atoms with E-state index < -0.39 is 6.16 Å². The van der Waals surface area contributed by atoms with E-state index in [4.69, 9.17) is 15.2 Å². The van der Waals surface area contributed by atoms with E-state index in [0.29, 0.717) is 0 Å². The maximum absolute atomic E-state index is 8.90. The largest absolute Gasteiger partial charge is 0.537 e. The fourth-order valence-electron chi connectivity index (χ4n) is 0. The molecular weight excluding hydrogens is 279 g/mol. The molecule has 0 heterocycles. The Morgan fingerprint density at radius 2 is 1.20 bits per heavy atom. The zero-order valence-corrected chi connectivity index (χ0v) is 8.41. The normalized spacial score (nSPS) is 3.30. The molecule has 0 aliphatic carbocycles. The molecule has 9 heteroatoms. The molecule has 0 saturated heterocycles. The molecule has 0 amide bonds. The van der Waals surface area contributed by atoms with Gasteiger partial charge in [-0.05, 0) is 0 Å². The number of carboxylic acid groups (broad SMARTS) is 1. The van der Waals surface area contributed by atoms with Gasteiger partial charge < -0.3 is 27.0 Å². The maximum Gasteiger partial charge on any atom is 0.537 e. The molecule has 10 heavy (non-hydrogen) atoms. The van der Waals surface area contributed by atoms with Crippen molar-refractivity contribution in [3.8, 4) is 0 Å². The molecule has 1 radical (unpaired) electrons. The molecule has 65 valence electrons. The summed E-state index contributed by atoms with van der Waals surface area (Å²) < 4.78 is 0. The zero-order valence-electron chi connectivity index (χ0n) is 4.79. The topological polar surface area (TPSA) is 193 Å². The second kappa shape index (κ2) is 34.8. The number of hydrogen-bond donors (Lipinski definition) is 2. The SMILES string of the molecule is O.O.O.O.O=C(O)OO.[La]. The first kappa shape index (κ1) is 48.4. The van der Waals surface area contributed by atoms with Crippen LogP contribution in [0.25, 0.3) is 0 Å². The van der Waals surface area contributed by atoms with Crippen LogP contribution in [-0.4, -0.2) is 38.4 Å². The Labute approximate surface area is 83.6 Å². The van der Waals surface area contributed by atoms with Crippen molar-refractivity contribution in [2.24, 2.45) is 0 Å². The van der Waals surface area contributed by atoms with Crippen LogP contribution < -0.4 is 0 Å². The van der Waals surface area contributed by atoms with Crippen LogP contribution in [0.5, 0.6) is 0 Å². The molecule has 0 spiro atoms. The van der Waals surface area contributed by atoms with Gasteiger partial charge in [-0.25, -0.2) is 4.79 Å². The molecule has 0 fully saturated rings. The summed E-state index contributed by atoms with van der Waals surface area (Å²) >= 11 is 0. The minimum absolute atomic E-state index is 0. The zero-order chi connectivity index (χ0) is 4.28. The van der Waals surface area contributed by atoms with Gasteiger partial charge in [-0.15, -0.1) is 0 Å². The molecule has 0 aromatic heterocycles. The maximum atomic E-state index is 8.90. The van der Waals surface area contributed by atoms with Crippen LogP contribution in [0.15, 0.2) is 0 Å². The molecule has 0 aliphatic rings. The van der Waals surface area contributed by atoms with Crippen LogP contribution in [0.2, 0.25) is 0 Å². The number of rotatable bonds is 0. The van der Waals surface area contributed by atoms with Crippen molar-refractivity contribution in [2.45, 2.75) is 0 Å². The van der Waals surface area contributed by atoms with Gasteiger partial charge in [0, 0.05) is 35.6 Å². The standard InChI is InChI=1S/CH2O4.La.4H2O/c2-1(3)5-4;;;;;/h4H,(H,2,3);;4*1H2. The Morgan fingerprint density at radius 1 is 1.10 bits per heavy atom. The van der Waals surface area contributed by atoms with E-state index in [9.17, 15) is 0 Å². The molecule has 0 unspecified atom stereocenters. The monoisotopic (exact) mass is 289 g/mol. The van der Waals surface area contributed by atoms with E-state index in [-0.39, 0.29) is 57.5 Å². The van der Waals surface area contributed by atoms with E-state index in [1.807, 2.05) is 0 Å². The van der Waals surface area contributed by atoms with Crippen molar-refractivity contribution in [3.05, 3.63) is 0 Å². The first-order chi connectivity index (χ1) is 2.27. The predicted octanol–water partition coefficient (Wildman–Crippen LogP) is -3.14. The minimum Gasteiger partial charge on any atom is -0.448 e. The van der Waals surface area contributed by atoms with Crippen LogP contribution in [0.4, 0.5) is 4.79 Å². The second-order valence-corrected chi connectivity index (χ2v) is 0.357. The van der Waals surface area contributed by atoms with Crippen molar-refractivity contribution in [1.82, 2.24) is 0 Å². The smallest absolute Gasteiger partial charge is 0.448 e. The Morgan fingerprint density at radius 3 is 1.20 bits per heavy atom. The molecule has 0 rings (SSSR count). The van der Waals surface area contributed by atoms with Gasteiger partial charge in [-0.1, -0.05) is 0 Å². The van der Waals surface area contributed by atoms with Gasteiger partial charge >= 0.3 is 6.16 Å². The summed E-state index contributed by atoms with van der Waals surface area (Å²) in [6, 6.07) is 0. The van der Waals surface area contributed by atoms with Gasteiger partial charge in [0.25, 0.3) is 0 Å². The van der Waals surface area contributed by atoms with Crippen molar-refractivity contribution in [3.63, 3.8) is 0 Å². The van der Waals surface area contributed by atoms with Crippen molar-refractivity contribution in [2.75, 3.05) is 0 Å². The Kier molecular flexibility index (Phi) is 169. The minimum atomic E-state index is -1.69. The van der Waals surface area contributed by atoms with Gasteiger partial charge in [-0.2, -0.15) is 5.26 Å².